The molecule has 1 amide bonds. The standard InChI is InChI=1S/C17H21NO5/c1-9(2)15(18-16(19)11-8-12(11)17(20)21)10-3-4-13-14(7-10)23-6-5-22-13/h3-4,7,9,11-12,15H,5-6,8H2,1-2H3,(H,18,19)(H,20,21)/t11-,12+,15-/m0/s1. The normalized spacial score (nSPS) is 23.3. The molecule has 3 atom stereocenters. The van der Waals surface area contributed by atoms with Gasteiger partial charge in [-0.1, -0.05) is 19.9 Å². The number of hydrogen-bond donors (Lipinski definition) is 2. The van der Waals surface area contributed by atoms with E-state index >= 15 is 0 Å². The van der Waals surface area contributed by atoms with Crippen molar-refractivity contribution in [1.82, 2.24) is 5.32 Å². The number of carboxylic acid groups (broad SMARTS) is 1. The molecule has 1 fully saturated rings. The lowest BCUT2D eigenvalue weighted by Crippen LogP contribution is -2.33. The molecule has 1 aromatic carbocycles. The Labute approximate surface area is 134 Å². The topological polar surface area (TPSA) is 84.9 Å². The third kappa shape index (κ3) is 3.25. The zero-order valence-corrected chi connectivity index (χ0v) is 13.2. The van der Waals surface area contributed by atoms with E-state index < -0.39 is 17.8 Å². The van der Waals surface area contributed by atoms with Crippen LogP contribution in [0, 0.1) is 17.8 Å². The molecule has 1 heterocycles. The molecular formula is C17H21NO5. The molecule has 124 valence electrons. The van der Waals surface area contributed by atoms with Crippen LogP contribution in [0.4, 0.5) is 0 Å². The van der Waals surface area contributed by atoms with Crippen LogP contribution in [0.2, 0.25) is 0 Å². The Morgan fingerprint density at radius 3 is 2.48 bits per heavy atom. The van der Waals surface area contributed by atoms with Crippen LogP contribution in [0.5, 0.6) is 11.5 Å². The second-order valence-corrected chi connectivity index (χ2v) is 6.42. The fourth-order valence-corrected chi connectivity index (χ4v) is 2.91. The van der Waals surface area contributed by atoms with Crippen LogP contribution in [-0.4, -0.2) is 30.2 Å². The summed E-state index contributed by atoms with van der Waals surface area (Å²) in [5, 5.41) is 11.9. The van der Waals surface area contributed by atoms with Crippen molar-refractivity contribution in [3.63, 3.8) is 0 Å². The first kappa shape index (κ1) is 15.6. The summed E-state index contributed by atoms with van der Waals surface area (Å²) in [5.74, 6) is -0.473. The zero-order chi connectivity index (χ0) is 16.6. The summed E-state index contributed by atoms with van der Waals surface area (Å²) >= 11 is 0. The van der Waals surface area contributed by atoms with Gasteiger partial charge < -0.3 is 19.9 Å². The van der Waals surface area contributed by atoms with Crippen molar-refractivity contribution >= 4 is 11.9 Å². The number of carbonyl (C=O) groups is 2. The van der Waals surface area contributed by atoms with E-state index in [-0.39, 0.29) is 17.9 Å². The molecule has 0 saturated heterocycles. The number of nitrogens with one attached hydrogen (secondary N) is 1. The predicted octanol–water partition coefficient (Wildman–Crippen LogP) is 1.99. The minimum Gasteiger partial charge on any atom is -0.486 e. The Morgan fingerprint density at radius 1 is 1.17 bits per heavy atom. The van der Waals surface area contributed by atoms with Gasteiger partial charge in [-0.15, -0.1) is 0 Å². The van der Waals surface area contributed by atoms with Crippen molar-refractivity contribution in [2.24, 2.45) is 17.8 Å². The number of fused-ring (bicyclic) bond motifs is 1. The van der Waals surface area contributed by atoms with Crippen molar-refractivity contribution < 1.29 is 24.2 Å². The highest BCUT2D eigenvalue weighted by Crippen LogP contribution is 2.40. The number of aliphatic carboxylic acids is 1. The van der Waals surface area contributed by atoms with Gasteiger partial charge in [-0.25, -0.2) is 0 Å². The molecule has 1 saturated carbocycles. The van der Waals surface area contributed by atoms with Gasteiger partial charge in [-0.2, -0.15) is 0 Å². The molecule has 1 aliphatic heterocycles. The molecule has 23 heavy (non-hydrogen) atoms. The second-order valence-electron chi connectivity index (χ2n) is 6.42. The van der Waals surface area contributed by atoms with Gasteiger partial charge in [0.15, 0.2) is 11.5 Å². The molecule has 6 nitrogen and oxygen atoms in total. The highest BCUT2D eigenvalue weighted by molar-refractivity contribution is 5.89. The summed E-state index contributed by atoms with van der Waals surface area (Å²) in [6.45, 7) is 5.08. The van der Waals surface area contributed by atoms with E-state index in [2.05, 4.69) is 5.32 Å². The molecular weight excluding hydrogens is 298 g/mol. The SMILES string of the molecule is CC(C)[C@H](NC(=O)[C@H]1C[C@H]1C(=O)O)c1ccc2c(c1)OCCO2. The number of ether oxygens (including phenoxy) is 2. The van der Waals surface area contributed by atoms with Crippen molar-refractivity contribution in [3.05, 3.63) is 23.8 Å². The maximum absolute atomic E-state index is 12.3. The first-order chi connectivity index (χ1) is 11.0. The number of amides is 1. The van der Waals surface area contributed by atoms with Crippen molar-refractivity contribution in [2.75, 3.05) is 13.2 Å². The van der Waals surface area contributed by atoms with Crippen molar-refractivity contribution in [1.29, 1.82) is 0 Å². The van der Waals surface area contributed by atoms with Crippen LogP contribution in [0.3, 0.4) is 0 Å². The van der Waals surface area contributed by atoms with Crippen LogP contribution >= 0.6 is 0 Å². The first-order valence-electron chi connectivity index (χ1n) is 7.90. The van der Waals surface area contributed by atoms with Gasteiger partial charge in [0, 0.05) is 0 Å². The van der Waals surface area contributed by atoms with Crippen LogP contribution in [0.25, 0.3) is 0 Å². The van der Waals surface area contributed by atoms with E-state index in [4.69, 9.17) is 14.6 Å². The van der Waals surface area contributed by atoms with E-state index in [9.17, 15) is 9.59 Å². The van der Waals surface area contributed by atoms with Gasteiger partial charge in [0.25, 0.3) is 0 Å². The smallest absolute Gasteiger partial charge is 0.307 e. The van der Waals surface area contributed by atoms with E-state index in [1.807, 2.05) is 32.0 Å². The summed E-state index contributed by atoms with van der Waals surface area (Å²) in [6, 6.07) is 5.47. The third-order valence-electron chi connectivity index (χ3n) is 4.33. The lowest BCUT2D eigenvalue weighted by molar-refractivity contribution is -0.140. The summed E-state index contributed by atoms with van der Waals surface area (Å²) in [5.41, 5.74) is 0.935. The molecule has 3 rings (SSSR count). The van der Waals surface area contributed by atoms with E-state index in [0.717, 1.165) is 5.56 Å². The van der Waals surface area contributed by atoms with Gasteiger partial charge >= 0.3 is 5.97 Å². The number of carbonyl (C=O) groups excluding carboxylic acids is 1. The van der Waals surface area contributed by atoms with Gasteiger partial charge in [0.05, 0.1) is 17.9 Å². The number of benzene rings is 1. The Hall–Kier alpha value is -2.24. The molecule has 0 unspecified atom stereocenters. The Bertz CT molecular complexity index is 627. The second kappa shape index (κ2) is 6.10. The minimum absolute atomic E-state index is 0.170. The molecule has 1 aromatic rings. The van der Waals surface area contributed by atoms with Crippen LogP contribution in [0.15, 0.2) is 18.2 Å². The first-order valence-corrected chi connectivity index (χ1v) is 7.90. The summed E-state index contributed by atoms with van der Waals surface area (Å²) in [4.78, 5) is 23.2. The average molecular weight is 319 g/mol. The highest BCUT2D eigenvalue weighted by atomic mass is 16.6. The molecule has 0 radical (unpaired) electrons. The maximum Gasteiger partial charge on any atom is 0.307 e. The fraction of sp³-hybridized carbons (Fsp3) is 0.529. The Balaban J connectivity index is 1.74. The quantitative estimate of drug-likeness (QED) is 0.867. The Kier molecular flexibility index (Phi) is 4.15. The summed E-state index contributed by atoms with van der Waals surface area (Å²) in [7, 11) is 0. The van der Waals surface area contributed by atoms with Gasteiger partial charge in [-0.3, -0.25) is 9.59 Å². The molecule has 0 aromatic heterocycles. The predicted molar refractivity (Wildman–Crippen MR) is 82.4 cm³/mol. The fourth-order valence-electron chi connectivity index (χ4n) is 2.91. The zero-order valence-electron chi connectivity index (χ0n) is 13.2. The van der Waals surface area contributed by atoms with Gasteiger partial charge in [-0.05, 0) is 30.0 Å². The van der Waals surface area contributed by atoms with Crippen molar-refractivity contribution in [3.8, 4) is 11.5 Å². The molecule has 0 bridgehead atoms. The largest absolute Gasteiger partial charge is 0.486 e. The number of rotatable bonds is 5. The van der Waals surface area contributed by atoms with Crippen LogP contribution in [-0.2, 0) is 9.59 Å². The maximum atomic E-state index is 12.3. The molecule has 6 heteroatoms. The molecule has 2 N–H and O–H groups in total. The summed E-state index contributed by atoms with van der Waals surface area (Å²) in [6.07, 6.45) is 0.424. The number of hydrogen-bond acceptors (Lipinski definition) is 4. The van der Waals surface area contributed by atoms with Gasteiger partial charge in [0.1, 0.15) is 13.2 Å². The summed E-state index contributed by atoms with van der Waals surface area (Å²) < 4.78 is 11.1. The monoisotopic (exact) mass is 319 g/mol. The third-order valence-corrected chi connectivity index (χ3v) is 4.33. The van der Waals surface area contributed by atoms with Crippen LogP contribution < -0.4 is 14.8 Å². The van der Waals surface area contributed by atoms with E-state index in [1.54, 1.807) is 0 Å². The number of carboxylic acids is 1. The van der Waals surface area contributed by atoms with Crippen molar-refractivity contribution in [2.45, 2.75) is 26.3 Å². The van der Waals surface area contributed by atoms with E-state index in [1.165, 1.54) is 0 Å². The highest BCUT2D eigenvalue weighted by Gasteiger charge is 2.48. The lowest BCUT2D eigenvalue weighted by atomic mass is 9.95. The lowest BCUT2D eigenvalue weighted by Gasteiger charge is -2.25. The Morgan fingerprint density at radius 2 is 1.87 bits per heavy atom. The van der Waals surface area contributed by atoms with E-state index in [0.29, 0.717) is 31.1 Å². The molecule has 2 aliphatic rings. The van der Waals surface area contributed by atoms with Gasteiger partial charge in [0.2, 0.25) is 5.91 Å². The minimum atomic E-state index is -0.898. The average Bonchev–Trinajstić information content (AvgIpc) is 3.32. The molecule has 0 spiro atoms. The molecule has 1 aliphatic carbocycles. The van der Waals surface area contributed by atoms with Crippen LogP contribution in [0.1, 0.15) is 31.9 Å².